The van der Waals surface area contributed by atoms with E-state index in [0.29, 0.717) is 0 Å². The van der Waals surface area contributed by atoms with E-state index < -0.39 is 0 Å². The Balaban J connectivity index is 0.000000791. The SMILES string of the molecule is C/C=C\c1c(C)ccc(C)c1Cl.CC. The average Bonchev–Trinajstić information content (AvgIpc) is 2.22. The van der Waals surface area contributed by atoms with E-state index in [-0.39, 0.29) is 0 Å². The van der Waals surface area contributed by atoms with Crippen molar-refractivity contribution >= 4 is 17.7 Å². The number of hydrogen-bond acceptors (Lipinski definition) is 0. The predicted molar refractivity (Wildman–Crippen MR) is 67.0 cm³/mol. The first-order valence-electron chi connectivity index (χ1n) is 5.05. The van der Waals surface area contributed by atoms with Crippen molar-refractivity contribution < 1.29 is 0 Å². The Morgan fingerprint density at radius 3 is 2.07 bits per heavy atom. The maximum Gasteiger partial charge on any atom is 0.0510 e. The molecule has 0 saturated carbocycles. The first kappa shape index (κ1) is 13.2. The lowest BCUT2D eigenvalue weighted by Crippen LogP contribution is -1.85. The molecular formula is C13H19Cl. The second-order valence-electron chi connectivity index (χ2n) is 2.93. The lowest BCUT2D eigenvalue weighted by Gasteiger charge is -2.05. The molecule has 0 N–H and O–H groups in total. The molecule has 0 aromatic heterocycles. The zero-order valence-corrected chi connectivity index (χ0v) is 10.4. The lowest BCUT2D eigenvalue weighted by atomic mass is 10.1. The van der Waals surface area contributed by atoms with Gasteiger partial charge in [-0.15, -0.1) is 0 Å². The Labute approximate surface area is 92.6 Å². The summed E-state index contributed by atoms with van der Waals surface area (Å²) in [4.78, 5) is 0. The van der Waals surface area contributed by atoms with E-state index in [1.165, 1.54) is 5.56 Å². The van der Waals surface area contributed by atoms with Crippen LogP contribution in [0, 0.1) is 13.8 Å². The van der Waals surface area contributed by atoms with Crippen LogP contribution >= 0.6 is 11.6 Å². The van der Waals surface area contributed by atoms with Crippen molar-refractivity contribution in [3.63, 3.8) is 0 Å². The van der Waals surface area contributed by atoms with Gasteiger partial charge < -0.3 is 0 Å². The zero-order valence-electron chi connectivity index (χ0n) is 9.69. The second kappa shape index (κ2) is 6.67. The first-order valence-corrected chi connectivity index (χ1v) is 5.43. The van der Waals surface area contributed by atoms with Gasteiger partial charge in [0, 0.05) is 0 Å². The Bertz CT molecular complexity index is 311. The molecule has 0 aliphatic rings. The molecule has 1 aromatic rings. The monoisotopic (exact) mass is 210 g/mol. The van der Waals surface area contributed by atoms with Crippen molar-refractivity contribution in [3.05, 3.63) is 39.9 Å². The maximum atomic E-state index is 6.13. The number of aryl methyl sites for hydroxylation is 2. The zero-order chi connectivity index (χ0) is 11.1. The molecule has 0 radical (unpaired) electrons. The van der Waals surface area contributed by atoms with Gasteiger partial charge in [-0.05, 0) is 37.5 Å². The third-order valence-corrected chi connectivity index (χ3v) is 2.43. The molecule has 78 valence electrons. The van der Waals surface area contributed by atoms with Gasteiger partial charge in [0.15, 0.2) is 0 Å². The minimum atomic E-state index is 0.869. The summed E-state index contributed by atoms with van der Waals surface area (Å²) >= 11 is 6.13. The van der Waals surface area contributed by atoms with E-state index in [1.807, 2.05) is 45.9 Å². The summed E-state index contributed by atoms with van der Waals surface area (Å²) in [5, 5.41) is 0.869. The molecule has 0 amide bonds. The van der Waals surface area contributed by atoms with Crippen LogP contribution in [0.4, 0.5) is 0 Å². The largest absolute Gasteiger partial charge is 0.0870 e. The van der Waals surface area contributed by atoms with Crippen molar-refractivity contribution in [2.45, 2.75) is 34.6 Å². The Kier molecular flexibility index (Phi) is 6.31. The van der Waals surface area contributed by atoms with Crippen molar-refractivity contribution in [2.75, 3.05) is 0 Å². The summed E-state index contributed by atoms with van der Waals surface area (Å²) < 4.78 is 0. The molecule has 0 heterocycles. The molecule has 1 heteroatoms. The van der Waals surface area contributed by atoms with Gasteiger partial charge in [0.05, 0.1) is 5.02 Å². The number of rotatable bonds is 1. The predicted octanol–water partition coefficient (Wildman–Crippen LogP) is 5.02. The summed E-state index contributed by atoms with van der Waals surface area (Å²) in [6, 6.07) is 4.14. The fourth-order valence-electron chi connectivity index (χ4n) is 1.17. The summed E-state index contributed by atoms with van der Waals surface area (Å²) in [7, 11) is 0. The van der Waals surface area contributed by atoms with Crippen LogP contribution in [0.15, 0.2) is 18.2 Å². The van der Waals surface area contributed by atoms with Crippen LogP contribution in [0.3, 0.4) is 0 Å². The van der Waals surface area contributed by atoms with Crippen LogP contribution < -0.4 is 0 Å². The number of benzene rings is 1. The maximum absolute atomic E-state index is 6.13. The van der Waals surface area contributed by atoms with Gasteiger partial charge >= 0.3 is 0 Å². The smallest absolute Gasteiger partial charge is 0.0510 e. The van der Waals surface area contributed by atoms with E-state index in [9.17, 15) is 0 Å². The van der Waals surface area contributed by atoms with Gasteiger partial charge in [0.2, 0.25) is 0 Å². The molecule has 0 aliphatic carbocycles. The topological polar surface area (TPSA) is 0 Å². The normalized spacial score (nSPS) is 9.86. The van der Waals surface area contributed by atoms with Crippen molar-refractivity contribution in [3.8, 4) is 0 Å². The van der Waals surface area contributed by atoms with Gasteiger partial charge in [-0.2, -0.15) is 0 Å². The van der Waals surface area contributed by atoms with Gasteiger partial charge in [0.1, 0.15) is 0 Å². The summed E-state index contributed by atoms with van der Waals surface area (Å²) in [5.41, 5.74) is 3.50. The van der Waals surface area contributed by atoms with E-state index in [0.717, 1.165) is 16.1 Å². The highest BCUT2D eigenvalue weighted by Gasteiger charge is 2.02. The molecule has 0 spiro atoms. The standard InChI is InChI=1S/C11H13Cl.C2H6/c1-4-5-10-8(2)6-7-9(3)11(10)12;1-2/h4-7H,1-3H3;1-2H3/b5-4-;. The van der Waals surface area contributed by atoms with Crippen LogP contribution in [0.25, 0.3) is 6.08 Å². The second-order valence-corrected chi connectivity index (χ2v) is 3.30. The fourth-order valence-corrected chi connectivity index (χ4v) is 1.44. The molecule has 14 heavy (non-hydrogen) atoms. The number of halogens is 1. The number of hydrogen-bond donors (Lipinski definition) is 0. The van der Waals surface area contributed by atoms with Crippen LogP contribution in [0.1, 0.15) is 37.5 Å². The van der Waals surface area contributed by atoms with Gasteiger partial charge in [-0.1, -0.05) is 49.7 Å². The highest BCUT2D eigenvalue weighted by Crippen LogP contribution is 2.24. The highest BCUT2D eigenvalue weighted by molar-refractivity contribution is 6.32. The van der Waals surface area contributed by atoms with Crippen molar-refractivity contribution in [1.82, 2.24) is 0 Å². The molecule has 0 bridgehead atoms. The molecular weight excluding hydrogens is 192 g/mol. The van der Waals surface area contributed by atoms with Gasteiger partial charge in [-0.25, -0.2) is 0 Å². The minimum Gasteiger partial charge on any atom is -0.0870 e. The molecule has 0 aliphatic heterocycles. The van der Waals surface area contributed by atoms with Crippen LogP contribution in [-0.4, -0.2) is 0 Å². The van der Waals surface area contributed by atoms with E-state index in [4.69, 9.17) is 11.6 Å². The molecule has 0 saturated heterocycles. The highest BCUT2D eigenvalue weighted by atomic mass is 35.5. The third-order valence-electron chi connectivity index (χ3n) is 1.92. The summed E-state index contributed by atoms with van der Waals surface area (Å²) in [5.74, 6) is 0. The van der Waals surface area contributed by atoms with Crippen molar-refractivity contribution in [2.24, 2.45) is 0 Å². The molecule has 0 nitrogen and oxygen atoms in total. The van der Waals surface area contributed by atoms with E-state index in [2.05, 4.69) is 13.0 Å². The molecule has 0 unspecified atom stereocenters. The Hall–Kier alpha value is -0.750. The van der Waals surface area contributed by atoms with Crippen molar-refractivity contribution in [1.29, 1.82) is 0 Å². The molecule has 1 rings (SSSR count). The van der Waals surface area contributed by atoms with Gasteiger partial charge in [-0.3, -0.25) is 0 Å². The minimum absolute atomic E-state index is 0.869. The van der Waals surface area contributed by atoms with E-state index in [1.54, 1.807) is 0 Å². The quantitative estimate of drug-likeness (QED) is 0.611. The summed E-state index contributed by atoms with van der Waals surface area (Å²) in [6.45, 7) is 10.1. The lowest BCUT2D eigenvalue weighted by molar-refractivity contribution is 1.37. The molecule has 1 aromatic carbocycles. The number of allylic oxidation sites excluding steroid dienone is 1. The Morgan fingerprint density at radius 1 is 1.07 bits per heavy atom. The van der Waals surface area contributed by atoms with Crippen LogP contribution in [0.5, 0.6) is 0 Å². The first-order chi connectivity index (χ1) is 6.66. The Morgan fingerprint density at radius 2 is 1.57 bits per heavy atom. The van der Waals surface area contributed by atoms with Crippen LogP contribution in [-0.2, 0) is 0 Å². The van der Waals surface area contributed by atoms with Gasteiger partial charge in [0.25, 0.3) is 0 Å². The van der Waals surface area contributed by atoms with Crippen LogP contribution in [0.2, 0.25) is 5.02 Å². The van der Waals surface area contributed by atoms with E-state index >= 15 is 0 Å². The average molecular weight is 211 g/mol. The fraction of sp³-hybridized carbons (Fsp3) is 0.385. The third kappa shape index (κ3) is 3.19. The molecule has 0 atom stereocenters. The molecule has 0 fully saturated rings. The summed E-state index contributed by atoms with van der Waals surface area (Å²) in [6.07, 6.45) is 4.05.